The lowest BCUT2D eigenvalue weighted by Crippen LogP contribution is -2.37. The van der Waals surface area contributed by atoms with E-state index in [1.807, 2.05) is 44.2 Å². The number of carbonyl (C=O) groups excluding carboxylic acids is 1. The third-order valence-corrected chi connectivity index (χ3v) is 3.40. The van der Waals surface area contributed by atoms with E-state index < -0.39 is 6.23 Å². The van der Waals surface area contributed by atoms with Gasteiger partial charge in [-0.25, -0.2) is 0 Å². The summed E-state index contributed by atoms with van der Waals surface area (Å²) in [6, 6.07) is 9.67. The van der Waals surface area contributed by atoms with Gasteiger partial charge in [0.25, 0.3) is 0 Å². The van der Waals surface area contributed by atoms with Crippen molar-refractivity contribution in [3.8, 4) is 0 Å². The molecule has 0 aromatic heterocycles. The number of rotatable bonds is 4. The molecule has 0 fully saturated rings. The summed E-state index contributed by atoms with van der Waals surface area (Å²) < 4.78 is 0. The maximum atomic E-state index is 12.0. The minimum atomic E-state index is -0.771. The van der Waals surface area contributed by atoms with Crippen molar-refractivity contribution in [3.05, 3.63) is 47.5 Å². The first-order valence-corrected chi connectivity index (χ1v) is 6.41. The molecular formula is C15H19NO2. The molecule has 1 aliphatic heterocycles. The van der Waals surface area contributed by atoms with Crippen LogP contribution >= 0.6 is 0 Å². The largest absolute Gasteiger partial charge is 0.369 e. The van der Waals surface area contributed by atoms with E-state index in [1.54, 1.807) is 11.0 Å². The predicted molar refractivity (Wildman–Crippen MR) is 70.7 cm³/mol. The van der Waals surface area contributed by atoms with Crippen molar-refractivity contribution < 1.29 is 9.90 Å². The Bertz CT molecular complexity index is 453. The predicted octanol–water partition coefficient (Wildman–Crippen LogP) is 2.63. The van der Waals surface area contributed by atoms with Crippen LogP contribution in [0.3, 0.4) is 0 Å². The van der Waals surface area contributed by atoms with Crippen molar-refractivity contribution in [2.45, 2.75) is 39.0 Å². The number of carbonyl (C=O) groups is 1. The number of benzene rings is 1. The van der Waals surface area contributed by atoms with E-state index in [1.165, 1.54) is 0 Å². The molecule has 3 nitrogen and oxygen atoms in total. The second kappa shape index (κ2) is 5.36. The van der Waals surface area contributed by atoms with Crippen molar-refractivity contribution in [1.82, 2.24) is 4.90 Å². The molecule has 1 aliphatic rings. The van der Waals surface area contributed by atoms with Crippen LogP contribution in [0.5, 0.6) is 0 Å². The fraction of sp³-hybridized carbons (Fsp3) is 0.400. The summed E-state index contributed by atoms with van der Waals surface area (Å²) in [6.45, 7) is 3.99. The summed E-state index contributed by atoms with van der Waals surface area (Å²) in [6.07, 6.45) is 2.51. The fourth-order valence-electron chi connectivity index (χ4n) is 2.39. The van der Waals surface area contributed by atoms with Gasteiger partial charge in [-0.2, -0.15) is 0 Å². The second-order valence-electron chi connectivity index (χ2n) is 4.68. The number of hydrogen-bond acceptors (Lipinski definition) is 2. The lowest BCUT2D eigenvalue weighted by Gasteiger charge is -2.29. The molecule has 1 aromatic rings. The van der Waals surface area contributed by atoms with Gasteiger partial charge in [0, 0.05) is 6.08 Å². The molecule has 0 saturated heterocycles. The standard InChI is InChI=1S/C15H19NO2/c1-3-7-13-10-14(17)16(15(13)18)11(2)12-8-5-4-6-9-12/h4-6,8-11,15,18H,3,7H2,1-2H3/t11-,15+/m1/s1. The number of aliphatic hydroxyl groups excluding tert-OH is 1. The van der Waals surface area contributed by atoms with Gasteiger partial charge in [0.05, 0.1) is 6.04 Å². The topological polar surface area (TPSA) is 40.5 Å². The van der Waals surface area contributed by atoms with Gasteiger partial charge in [-0.15, -0.1) is 0 Å². The van der Waals surface area contributed by atoms with E-state index in [9.17, 15) is 9.90 Å². The van der Waals surface area contributed by atoms with E-state index in [-0.39, 0.29) is 11.9 Å². The Hall–Kier alpha value is -1.61. The molecule has 18 heavy (non-hydrogen) atoms. The van der Waals surface area contributed by atoms with E-state index in [2.05, 4.69) is 0 Å². The number of aliphatic hydroxyl groups is 1. The van der Waals surface area contributed by atoms with Crippen LogP contribution in [0.2, 0.25) is 0 Å². The molecule has 0 saturated carbocycles. The van der Waals surface area contributed by atoms with Crippen LogP contribution < -0.4 is 0 Å². The maximum Gasteiger partial charge on any atom is 0.249 e. The Balaban J connectivity index is 2.18. The monoisotopic (exact) mass is 245 g/mol. The van der Waals surface area contributed by atoms with Crippen molar-refractivity contribution in [3.63, 3.8) is 0 Å². The Morgan fingerprint density at radius 1 is 1.33 bits per heavy atom. The third-order valence-electron chi connectivity index (χ3n) is 3.40. The first-order valence-electron chi connectivity index (χ1n) is 6.41. The molecule has 1 amide bonds. The Labute approximate surface area is 108 Å². The van der Waals surface area contributed by atoms with Crippen LogP contribution in [-0.4, -0.2) is 22.1 Å². The van der Waals surface area contributed by atoms with Crippen molar-refractivity contribution >= 4 is 5.91 Å². The Morgan fingerprint density at radius 2 is 2.00 bits per heavy atom. The van der Waals surface area contributed by atoms with Crippen molar-refractivity contribution in [2.24, 2.45) is 0 Å². The first kappa shape index (κ1) is 12.8. The fourth-order valence-corrected chi connectivity index (χ4v) is 2.39. The molecule has 1 heterocycles. The zero-order chi connectivity index (χ0) is 13.1. The molecule has 0 spiro atoms. The second-order valence-corrected chi connectivity index (χ2v) is 4.68. The Morgan fingerprint density at radius 3 is 2.61 bits per heavy atom. The number of amides is 1. The summed E-state index contributed by atoms with van der Waals surface area (Å²) in [5.74, 6) is -0.0951. The molecule has 96 valence electrons. The lowest BCUT2D eigenvalue weighted by molar-refractivity contribution is -0.134. The zero-order valence-electron chi connectivity index (χ0n) is 10.8. The molecule has 1 aromatic carbocycles. The van der Waals surface area contributed by atoms with Gasteiger partial charge in [-0.05, 0) is 24.5 Å². The van der Waals surface area contributed by atoms with Gasteiger partial charge >= 0.3 is 0 Å². The van der Waals surface area contributed by atoms with E-state index in [4.69, 9.17) is 0 Å². The summed E-state index contributed by atoms with van der Waals surface area (Å²) >= 11 is 0. The summed E-state index contributed by atoms with van der Waals surface area (Å²) in [5, 5.41) is 10.2. The highest BCUT2D eigenvalue weighted by Gasteiger charge is 2.34. The van der Waals surface area contributed by atoms with Crippen LogP contribution in [0.25, 0.3) is 0 Å². The van der Waals surface area contributed by atoms with Crippen LogP contribution in [-0.2, 0) is 4.79 Å². The molecule has 0 unspecified atom stereocenters. The SMILES string of the molecule is CCCC1=CC(=O)N([C@H](C)c2ccccc2)[C@H]1O. The first-order chi connectivity index (χ1) is 8.65. The highest BCUT2D eigenvalue weighted by molar-refractivity contribution is 5.92. The van der Waals surface area contributed by atoms with E-state index >= 15 is 0 Å². The average Bonchev–Trinajstić information content (AvgIpc) is 2.65. The van der Waals surface area contributed by atoms with Gasteiger partial charge in [0.15, 0.2) is 6.23 Å². The lowest BCUT2D eigenvalue weighted by atomic mass is 10.1. The minimum absolute atomic E-state index is 0.0951. The van der Waals surface area contributed by atoms with Crippen LogP contribution in [0.4, 0.5) is 0 Å². The normalized spacial score (nSPS) is 21.1. The average molecular weight is 245 g/mol. The number of nitrogens with zero attached hydrogens (tertiary/aromatic N) is 1. The van der Waals surface area contributed by atoms with E-state index in [0.29, 0.717) is 0 Å². The van der Waals surface area contributed by atoms with Gasteiger partial charge < -0.3 is 10.0 Å². The van der Waals surface area contributed by atoms with E-state index in [0.717, 1.165) is 24.0 Å². The molecule has 3 heteroatoms. The van der Waals surface area contributed by atoms with Crippen molar-refractivity contribution in [2.75, 3.05) is 0 Å². The molecule has 2 atom stereocenters. The Kier molecular flexibility index (Phi) is 3.82. The van der Waals surface area contributed by atoms with Gasteiger partial charge in [-0.1, -0.05) is 43.7 Å². The highest BCUT2D eigenvalue weighted by Crippen LogP contribution is 2.30. The maximum absolute atomic E-state index is 12.0. The van der Waals surface area contributed by atoms with Crippen LogP contribution in [0.1, 0.15) is 38.3 Å². The van der Waals surface area contributed by atoms with Gasteiger partial charge in [-0.3, -0.25) is 4.79 Å². The zero-order valence-corrected chi connectivity index (χ0v) is 10.8. The smallest absolute Gasteiger partial charge is 0.249 e. The quantitative estimate of drug-likeness (QED) is 0.886. The number of hydrogen-bond donors (Lipinski definition) is 1. The summed E-state index contributed by atoms with van der Waals surface area (Å²) in [5.41, 5.74) is 1.86. The molecule has 0 radical (unpaired) electrons. The molecule has 1 N–H and O–H groups in total. The van der Waals surface area contributed by atoms with Gasteiger partial charge in [0.1, 0.15) is 0 Å². The highest BCUT2D eigenvalue weighted by atomic mass is 16.3. The molecule has 0 bridgehead atoms. The van der Waals surface area contributed by atoms with Gasteiger partial charge in [0.2, 0.25) is 5.91 Å². The third kappa shape index (κ3) is 2.31. The van der Waals surface area contributed by atoms with Crippen LogP contribution in [0, 0.1) is 0 Å². The molecule has 2 rings (SSSR count). The summed E-state index contributed by atoms with van der Waals surface area (Å²) in [4.78, 5) is 13.5. The summed E-state index contributed by atoms with van der Waals surface area (Å²) in [7, 11) is 0. The molecule has 0 aliphatic carbocycles. The molecular weight excluding hydrogens is 226 g/mol. The minimum Gasteiger partial charge on any atom is -0.369 e. The van der Waals surface area contributed by atoms with Crippen LogP contribution in [0.15, 0.2) is 42.0 Å². The van der Waals surface area contributed by atoms with Crippen molar-refractivity contribution in [1.29, 1.82) is 0 Å².